The van der Waals surface area contributed by atoms with Crippen LogP contribution in [0.3, 0.4) is 0 Å². The Bertz CT molecular complexity index is 668. The third kappa shape index (κ3) is 3.04. The van der Waals surface area contributed by atoms with Gasteiger partial charge in [-0.25, -0.2) is 13.2 Å². The van der Waals surface area contributed by atoms with Crippen LogP contribution in [-0.4, -0.2) is 5.78 Å². The number of ketones is 1. The highest BCUT2D eigenvalue weighted by Gasteiger charge is 2.18. The molecule has 1 nitrogen and oxygen atoms in total. The summed E-state index contributed by atoms with van der Waals surface area (Å²) in [5.74, 6) is -3.06. The SMILES string of the molecule is O=C(Cc1c(F)cccc1Cl)c1cc(F)c(Br)cc1F. The van der Waals surface area contributed by atoms with Crippen LogP contribution in [-0.2, 0) is 6.42 Å². The van der Waals surface area contributed by atoms with Gasteiger partial charge < -0.3 is 0 Å². The molecule has 0 aliphatic heterocycles. The number of carbonyl (C=O) groups excluding carboxylic acids is 1. The highest BCUT2D eigenvalue weighted by atomic mass is 79.9. The Morgan fingerprint density at radius 1 is 1.10 bits per heavy atom. The Morgan fingerprint density at radius 2 is 1.80 bits per heavy atom. The maximum absolute atomic E-state index is 13.6. The van der Waals surface area contributed by atoms with Gasteiger partial charge in [-0.2, -0.15) is 0 Å². The molecule has 0 aromatic heterocycles. The zero-order chi connectivity index (χ0) is 14.9. The number of hydrogen-bond acceptors (Lipinski definition) is 1. The smallest absolute Gasteiger partial charge is 0.170 e. The van der Waals surface area contributed by atoms with Crippen molar-refractivity contribution in [1.29, 1.82) is 0 Å². The minimum Gasteiger partial charge on any atom is -0.294 e. The fourth-order valence-corrected chi connectivity index (χ4v) is 2.24. The lowest BCUT2D eigenvalue weighted by Crippen LogP contribution is -2.09. The summed E-state index contributed by atoms with van der Waals surface area (Å²) < 4.78 is 40.5. The van der Waals surface area contributed by atoms with Crippen LogP contribution in [0.15, 0.2) is 34.8 Å². The van der Waals surface area contributed by atoms with Crippen molar-refractivity contribution in [1.82, 2.24) is 0 Å². The molecule has 0 radical (unpaired) electrons. The molecule has 0 atom stereocenters. The zero-order valence-electron chi connectivity index (χ0n) is 9.89. The quantitative estimate of drug-likeness (QED) is 0.557. The molecule has 0 aliphatic carbocycles. The molecular weight excluding hydrogens is 357 g/mol. The molecule has 0 heterocycles. The molecule has 0 bridgehead atoms. The van der Waals surface area contributed by atoms with Crippen molar-refractivity contribution in [2.75, 3.05) is 0 Å². The number of hydrogen-bond donors (Lipinski definition) is 0. The molecule has 20 heavy (non-hydrogen) atoms. The van der Waals surface area contributed by atoms with Crippen LogP contribution in [0, 0.1) is 17.5 Å². The van der Waals surface area contributed by atoms with Crippen molar-refractivity contribution in [3.63, 3.8) is 0 Å². The van der Waals surface area contributed by atoms with Gasteiger partial charge in [0.2, 0.25) is 0 Å². The van der Waals surface area contributed by atoms with E-state index in [4.69, 9.17) is 11.6 Å². The summed E-state index contributed by atoms with van der Waals surface area (Å²) >= 11 is 8.60. The van der Waals surface area contributed by atoms with E-state index in [1.165, 1.54) is 12.1 Å². The fraction of sp³-hybridized carbons (Fsp3) is 0.0714. The van der Waals surface area contributed by atoms with E-state index < -0.39 is 35.2 Å². The van der Waals surface area contributed by atoms with E-state index in [0.717, 1.165) is 18.2 Å². The van der Waals surface area contributed by atoms with Gasteiger partial charge in [0.25, 0.3) is 0 Å². The van der Waals surface area contributed by atoms with Crippen molar-refractivity contribution < 1.29 is 18.0 Å². The maximum Gasteiger partial charge on any atom is 0.170 e. The summed E-state index contributed by atoms with van der Waals surface area (Å²) in [6.07, 6.45) is -0.441. The van der Waals surface area contributed by atoms with E-state index in [0.29, 0.717) is 0 Å². The topological polar surface area (TPSA) is 17.1 Å². The zero-order valence-corrected chi connectivity index (χ0v) is 12.2. The van der Waals surface area contributed by atoms with Gasteiger partial charge in [-0.1, -0.05) is 17.7 Å². The number of benzene rings is 2. The summed E-state index contributed by atoms with van der Waals surface area (Å²) in [4.78, 5) is 12.0. The minimum atomic E-state index is -0.879. The Kier molecular flexibility index (Phi) is 4.50. The van der Waals surface area contributed by atoms with Gasteiger partial charge in [0.05, 0.1) is 10.0 Å². The Hall–Kier alpha value is -1.33. The number of halogens is 5. The average molecular weight is 364 g/mol. The summed E-state index contributed by atoms with van der Waals surface area (Å²) in [5, 5.41) is 0.0661. The average Bonchev–Trinajstić information content (AvgIpc) is 2.38. The molecule has 2 rings (SSSR count). The second-order valence-electron chi connectivity index (χ2n) is 4.05. The lowest BCUT2D eigenvalue weighted by molar-refractivity contribution is 0.0987. The van der Waals surface area contributed by atoms with E-state index in [1.54, 1.807) is 0 Å². The molecule has 0 N–H and O–H groups in total. The van der Waals surface area contributed by atoms with Crippen LogP contribution >= 0.6 is 27.5 Å². The molecule has 6 heteroatoms. The summed E-state index contributed by atoms with van der Waals surface area (Å²) in [6.45, 7) is 0. The van der Waals surface area contributed by atoms with Crippen molar-refractivity contribution in [3.05, 3.63) is 68.4 Å². The molecular formula is C14H7BrClF3O. The molecule has 2 aromatic carbocycles. The van der Waals surface area contributed by atoms with Gasteiger partial charge in [-0.15, -0.1) is 0 Å². The Morgan fingerprint density at radius 3 is 2.45 bits per heavy atom. The monoisotopic (exact) mass is 362 g/mol. The second kappa shape index (κ2) is 5.97. The lowest BCUT2D eigenvalue weighted by Gasteiger charge is -2.07. The highest BCUT2D eigenvalue weighted by molar-refractivity contribution is 9.10. The molecule has 0 fully saturated rings. The van der Waals surface area contributed by atoms with Crippen LogP contribution in [0.4, 0.5) is 13.2 Å². The van der Waals surface area contributed by atoms with E-state index in [2.05, 4.69) is 15.9 Å². The summed E-state index contributed by atoms with van der Waals surface area (Å²) in [7, 11) is 0. The van der Waals surface area contributed by atoms with Crippen LogP contribution in [0.2, 0.25) is 5.02 Å². The van der Waals surface area contributed by atoms with Crippen LogP contribution in [0.5, 0.6) is 0 Å². The van der Waals surface area contributed by atoms with Crippen molar-refractivity contribution in [2.45, 2.75) is 6.42 Å². The Labute approximate surface area is 126 Å². The van der Waals surface area contributed by atoms with Crippen LogP contribution < -0.4 is 0 Å². The molecule has 2 aromatic rings. The first-order chi connectivity index (χ1) is 9.40. The first-order valence-corrected chi connectivity index (χ1v) is 6.68. The van der Waals surface area contributed by atoms with Gasteiger partial charge >= 0.3 is 0 Å². The first kappa shape index (κ1) is 15.1. The van der Waals surface area contributed by atoms with Gasteiger partial charge in [-0.3, -0.25) is 4.79 Å². The molecule has 0 amide bonds. The molecule has 0 aliphatic rings. The van der Waals surface area contributed by atoms with Gasteiger partial charge in [0, 0.05) is 17.0 Å². The fourth-order valence-electron chi connectivity index (χ4n) is 1.69. The number of rotatable bonds is 3. The lowest BCUT2D eigenvalue weighted by atomic mass is 10.0. The van der Waals surface area contributed by atoms with E-state index in [1.807, 2.05) is 0 Å². The molecule has 104 valence electrons. The van der Waals surface area contributed by atoms with Crippen molar-refractivity contribution >= 4 is 33.3 Å². The number of Topliss-reactive ketones (excluding diaryl/α,β-unsaturated/α-hetero) is 1. The normalized spacial score (nSPS) is 10.7. The van der Waals surface area contributed by atoms with E-state index in [-0.39, 0.29) is 15.1 Å². The van der Waals surface area contributed by atoms with Gasteiger partial charge in [0.15, 0.2) is 5.78 Å². The van der Waals surface area contributed by atoms with Crippen molar-refractivity contribution in [3.8, 4) is 0 Å². The maximum atomic E-state index is 13.6. The van der Waals surface area contributed by atoms with Gasteiger partial charge in [-0.05, 0) is 40.2 Å². The van der Waals surface area contributed by atoms with Gasteiger partial charge in [0.1, 0.15) is 17.5 Å². The second-order valence-corrected chi connectivity index (χ2v) is 5.31. The third-order valence-electron chi connectivity index (χ3n) is 2.71. The largest absolute Gasteiger partial charge is 0.294 e. The summed E-state index contributed by atoms with van der Waals surface area (Å²) in [5.41, 5.74) is -0.480. The molecule has 0 saturated heterocycles. The molecule has 0 saturated carbocycles. The summed E-state index contributed by atoms with van der Waals surface area (Å²) in [6, 6.07) is 5.59. The minimum absolute atomic E-state index is 0.0399. The van der Waals surface area contributed by atoms with Crippen LogP contribution in [0.1, 0.15) is 15.9 Å². The number of carbonyl (C=O) groups is 1. The third-order valence-corrected chi connectivity index (χ3v) is 3.67. The molecule has 0 spiro atoms. The van der Waals surface area contributed by atoms with E-state index >= 15 is 0 Å². The Balaban J connectivity index is 2.36. The molecule has 0 unspecified atom stereocenters. The predicted molar refractivity (Wildman–Crippen MR) is 73.5 cm³/mol. The highest BCUT2D eigenvalue weighted by Crippen LogP contribution is 2.24. The van der Waals surface area contributed by atoms with E-state index in [9.17, 15) is 18.0 Å². The standard InChI is InChI=1S/C14H7BrClF3O/c15-9-6-12(18)8(4-13(9)19)14(20)5-7-10(16)2-1-3-11(7)17/h1-4,6H,5H2. The van der Waals surface area contributed by atoms with Crippen LogP contribution in [0.25, 0.3) is 0 Å². The van der Waals surface area contributed by atoms with Crippen molar-refractivity contribution in [2.24, 2.45) is 0 Å². The predicted octanol–water partition coefficient (Wildman–Crippen LogP) is 4.95. The first-order valence-electron chi connectivity index (χ1n) is 5.50.